The Morgan fingerprint density at radius 1 is 1.27 bits per heavy atom. The number of likely N-dealkylation sites (tertiary alicyclic amines) is 1. The molecule has 0 aliphatic carbocycles. The van der Waals surface area contributed by atoms with Gasteiger partial charge in [-0.1, -0.05) is 12.1 Å². The third-order valence-corrected chi connectivity index (χ3v) is 4.03. The summed E-state index contributed by atoms with van der Waals surface area (Å²) in [4.78, 5) is 2.26. The highest BCUT2D eigenvalue weighted by Crippen LogP contribution is 2.19. The molecule has 2 rings (SSSR count). The Hall–Kier alpha value is -1.45. The maximum absolute atomic E-state index is 10.3. The number of ether oxygens (including phenoxy) is 2. The molecular weight excluding hydrogens is 280 g/mol. The van der Waals surface area contributed by atoms with Gasteiger partial charge in [-0.25, -0.2) is 0 Å². The molecule has 0 radical (unpaired) electrons. The third kappa shape index (κ3) is 5.08. The van der Waals surface area contributed by atoms with Crippen molar-refractivity contribution in [3.05, 3.63) is 35.4 Å². The molecule has 1 heterocycles. The number of hydrogen-bond donors (Lipinski definition) is 1. The van der Waals surface area contributed by atoms with E-state index in [1.165, 1.54) is 0 Å². The fourth-order valence-corrected chi connectivity index (χ4v) is 2.69. The SMILES string of the molecule is COCCOC1CCN(CC(O)c2ccc(C#N)cc2)CC1. The lowest BCUT2D eigenvalue weighted by Crippen LogP contribution is -2.39. The van der Waals surface area contributed by atoms with E-state index in [2.05, 4.69) is 11.0 Å². The molecule has 1 aromatic rings. The zero-order valence-corrected chi connectivity index (χ0v) is 13.1. The summed E-state index contributed by atoms with van der Waals surface area (Å²) >= 11 is 0. The van der Waals surface area contributed by atoms with E-state index in [1.807, 2.05) is 12.1 Å². The Balaban J connectivity index is 1.74. The second-order valence-electron chi connectivity index (χ2n) is 5.61. The topological polar surface area (TPSA) is 65.7 Å². The highest BCUT2D eigenvalue weighted by molar-refractivity contribution is 5.32. The quantitative estimate of drug-likeness (QED) is 0.777. The Morgan fingerprint density at radius 3 is 2.55 bits per heavy atom. The standard InChI is InChI=1S/C17H24N2O3/c1-21-10-11-22-16-6-8-19(9-7-16)13-17(20)15-4-2-14(12-18)3-5-15/h2-5,16-17,20H,6-11,13H2,1H3. The Kier molecular flexibility index (Phi) is 6.81. The Labute approximate surface area is 132 Å². The molecule has 0 saturated carbocycles. The van der Waals surface area contributed by atoms with Crippen molar-refractivity contribution < 1.29 is 14.6 Å². The first-order chi connectivity index (χ1) is 10.7. The van der Waals surface area contributed by atoms with Crippen LogP contribution in [0, 0.1) is 11.3 Å². The van der Waals surface area contributed by atoms with E-state index in [1.54, 1.807) is 19.2 Å². The van der Waals surface area contributed by atoms with E-state index in [4.69, 9.17) is 14.7 Å². The fourth-order valence-electron chi connectivity index (χ4n) is 2.69. The van der Waals surface area contributed by atoms with Crippen LogP contribution in [0.3, 0.4) is 0 Å². The second-order valence-corrected chi connectivity index (χ2v) is 5.61. The summed E-state index contributed by atoms with van der Waals surface area (Å²) in [6.07, 6.45) is 1.77. The molecule has 1 unspecified atom stereocenters. The van der Waals surface area contributed by atoms with Crippen LogP contribution in [0.2, 0.25) is 0 Å². The summed E-state index contributed by atoms with van der Waals surface area (Å²) in [6, 6.07) is 9.22. The smallest absolute Gasteiger partial charge is 0.0991 e. The number of aliphatic hydroxyl groups excluding tert-OH is 1. The average Bonchev–Trinajstić information content (AvgIpc) is 2.57. The van der Waals surface area contributed by atoms with Crippen molar-refractivity contribution in [1.82, 2.24) is 4.90 Å². The summed E-state index contributed by atoms with van der Waals surface area (Å²) in [5, 5.41) is 19.1. The minimum absolute atomic E-state index is 0.304. The van der Waals surface area contributed by atoms with E-state index in [9.17, 15) is 5.11 Å². The first kappa shape index (κ1) is 16.9. The van der Waals surface area contributed by atoms with E-state index in [0.29, 0.717) is 31.4 Å². The van der Waals surface area contributed by atoms with Gasteiger partial charge in [0.15, 0.2) is 0 Å². The molecule has 1 fully saturated rings. The Bertz CT molecular complexity index is 476. The van der Waals surface area contributed by atoms with Gasteiger partial charge in [-0.15, -0.1) is 0 Å². The van der Waals surface area contributed by atoms with Crippen LogP contribution in [0.15, 0.2) is 24.3 Å². The average molecular weight is 304 g/mol. The fraction of sp³-hybridized carbons (Fsp3) is 0.588. The third-order valence-electron chi connectivity index (χ3n) is 4.03. The lowest BCUT2D eigenvalue weighted by atomic mass is 10.0. The van der Waals surface area contributed by atoms with Crippen LogP contribution in [0.25, 0.3) is 0 Å². The van der Waals surface area contributed by atoms with Gasteiger partial charge >= 0.3 is 0 Å². The molecule has 5 nitrogen and oxygen atoms in total. The van der Waals surface area contributed by atoms with Crippen LogP contribution >= 0.6 is 0 Å². The molecule has 0 bridgehead atoms. The van der Waals surface area contributed by atoms with Crippen LogP contribution < -0.4 is 0 Å². The lowest BCUT2D eigenvalue weighted by Gasteiger charge is -2.33. The number of nitriles is 1. The predicted octanol–water partition coefficient (Wildman–Crippen LogP) is 1.72. The summed E-state index contributed by atoms with van der Waals surface area (Å²) in [5.41, 5.74) is 1.47. The number of β-amino-alcohol motifs (C(OH)–C–C–N with tert-alkyl or cyclic N) is 1. The molecule has 1 aliphatic rings. The minimum atomic E-state index is -0.515. The van der Waals surface area contributed by atoms with Gasteiger partial charge in [0.1, 0.15) is 0 Å². The van der Waals surface area contributed by atoms with Gasteiger partial charge in [-0.2, -0.15) is 5.26 Å². The molecular formula is C17H24N2O3. The minimum Gasteiger partial charge on any atom is -0.387 e. The maximum Gasteiger partial charge on any atom is 0.0991 e. The molecule has 1 saturated heterocycles. The number of piperidine rings is 1. The van der Waals surface area contributed by atoms with Crippen molar-refractivity contribution >= 4 is 0 Å². The van der Waals surface area contributed by atoms with E-state index < -0.39 is 6.10 Å². The molecule has 1 aliphatic heterocycles. The van der Waals surface area contributed by atoms with Crippen molar-refractivity contribution in [1.29, 1.82) is 5.26 Å². The van der Waals surface area contributed by atoms with Gasteiger partial charge in [-0.3, -0.25) is 0 Å². The summed E-state index contributed by atoms with van der Waals surface area (Å²) in [6.45, 7) is 3.78. The van der Waals surface area contributed by atoms with Crippen molar-refractivity contribution in [2.45, 2.75) is 25.0 Å². The number of nitrogens with zero attached hydrogens (tertiary/aromatic N) is 2. The summed E-state index contributed by atoms with van der Waals surface area (Å²) in [5.74, 6) is 0. The first-order valence-corrected chi connectivity index (χ1v) is 7.74. The second kappa shape index (κ2) is 8.86. The number of methoxy groups -OCH3 is 1. The molecule has 1 N–H and O–H groups in total. The first-order valence-electron chi connectivity index (χ1n) is 7.74. The molecule has 1 aromatic carbocycles. The number of rotatable bonds is 7. The zero-order valence-electron chi connectivity index (χ0n) is 13.1. The van der Waals surface area contributed by atoms with Crippen LogP contribution in [0.4, 0.5) is 0 Å². The van der Waals surface area contributed by atoms with Crippen molar-refractivity contribution in [2.75, 3.05) is 40.0 Å². The van der Waals surface area contributed by atoms with Gasteiger partial charge in [0.05, 0.1) is 37.1 Å². The molecule has 0 amide bonds. The van der Waals surface area contributed by atoms with E-state index in [0.717, 1.165) is 31.5 Å². The lowest BCUT2D eigenvalue weighted by molar-refractivity contribution is -0.0207. The van der Waals surface area contributed by atoms with Gasteiger partial charge in [0.2, 0.25) is 0 Å². The van der Waals surface area contributed by atoms with Gasteiger partial charge in [-0.05, 0) is 30.5 Å². The monoisotopic (exact) mass is 304 g/mol. The largest absolute Gasteiger partial charge is 0.387 e. The van der Waals surface area contributed by atoms with Crippen LogP contribution in [0.1, 0.15) is 30.1 Å². The molecule has 22 heavy (non-hydrogen) atoms. The van der Waals surface area contributed by atoms with Gasteiger partial charge in [0, 0.05) is 26.7 Å². The van der Waals surface area contributed by atoms with Crippen molar-refractivity contribution in [3.63, 3.8) is 0 Å². The molecule has 120 valence electrons. The van der Waals surface area contributed by atoms with E-state index in [-0.39, 0.29) is 0 Å². The van der Waals surface area contributed by atoms with Gasteiger partial charge < -0.3 is 19.5 Å². The van der Waals surface area contributed by atoms with Crippen LogP contribution in [-0.4, -0.2) is 56.1 Å². The van der Waals surface area contributed by atoms with Crippen LogP contribution in [0.5, 0.6) is 0 Å². The number of benzene rings is 1. The highest BCUT2D eigenvalue weighted by atomic mass is 16.5. The molecule has 5 heteroatoms. The number of hydrogen-bond acceptors (Lipinski definition) is 5. The van der Waals surface area contributed by atoms with Crippen molar-refractivity contribution in [2.24, 2.45) is 0 Å². The molecule has 0 aromatic heterocycles. The molecule has 0 spiro atoms. The van der Waals surface area contributed by atoms with Crippen molar-refractivity contribution in [3.8, 4) is 6.07 Å². The predicted molar refractivity (Wildman–Crippen MR) is 83.4 cm³/mol. The van der Waals surface area contributed by atoms with Crippen LogP contribution in [-0.2, 0) is 9.47 Å². The number of aliphatic hydroxyl groups is 1. The summed E-state index contributed by atoms with van der Waals surface area (Å²) < 4.78 is 10.7. The van der Waals surface area contributed by atoms with Gasteiger partial charge in [0.25, 0.3) is 0 Å². The highest BCUT2D eigenvalue weighted by Gasteiger charge is 2.21. The summed E-state index contributed by atoms with van der Waals surface area (Å²) in [7, 11) is 1.68. The maximum atomic E-state index is 10.3. The zero-order chi connectivity index (χ0) is 15.8. The molecule has 1 atom stereocenters. The normalized spacial score (nSPS) is 18.0. The van der Waals surface area contributed by atoms with E-state index >= 15 is 0 Å². The Morgan fingerprint density at radius 2 is 1.95 bits per heavy atom.